The van der Waals surface area contributed by atoms with Gasteiger partial charge in [0.25, 0.3) is 0 Å². The van der Waals surface area contributed by atoms with Gasteiger partial charge >= 0.3 is 0 Å². The Morgan fingerprint density at radius 1 is 1.46 bits per heavy atom. The Hall–Kier alpha value is -0.750. The first-order valence-electron chi connectivity index (χ1n) is 3.80. The maximum absolute atomic E-state index is 5.21. The minimum absolute atomic E-state index is 0.626. The molecule has 0 unspecified atom stereocenters. The van der Waals surface area contributed by atoms with Crippen molar-refractivity contribution in [3.63, 3.8) is 0 Å². The third-order valence-electron chi connectivity index (χ3n) is 1.60. The number of thiazole rings is 1. The minimum atomic E-state index is 0.626. The predicted octanol–water partition coefficient (Wildman–Crippen LogP) is 1.83. The smallest absolute Gasteiger partial charge is 0.124 e. The molecule has 3 nitrogen and oxygen atoms in total. The maximum Gasteiger partial charge on any atom is 0.124 e. The molecule has 0 aliphatic heterocycles. The van der Waals surface area contributed by atoms with Gasteiger partial charge < -0.3 is 0 Å². The van der Waals surface area contributed by atoms with Crippen LogP contribution in [0, 0.1) is 0 Å². The molecule has 2 rings (SSSR count). The summed E-state index contributed by atoms with van der Waals surface area (Å²) in [6, 6.07) is 2.07. The van der Waals surface area contributed by atoms with Crippen LogP contribution in [-0.4, -0.2) is 4.98 Å². The molecule has 0 aliphatic carbocycles. The van der Waals surface area contributed by atoms with E-state index in [-0.39, 0.29) is 0 Å². The van der Waals surface area contributed by atoms with E-state index in [1.165, 1.54) is 5.56 Å². The molecule has 0 saturated carbocycles. The number of nitrogens with one attached hydrogen (secondary N) is 1. The SMILES string of the molecule is NNCc1csc(-c2ccsc2)n1. The van der Waals surface area contributed by atoms with Crippen LogP contribution in [0.2, 0.25) is 0 Å². The Labute approximate surface area is 84.2 Å². The molecule has 13 heavy (non-hydrogen) atoms. The van der Waals surface area contributed by atoms with E-state index in [2.05, 4.69) is 27.2 Å². The second-order valence-corrected chi connectivity index (χ2v) is 4.18. The molecule has 2 aromatic heterocycles. The van der Waals surface area contributed by atoms with E-state index >= 15 is 0 Å². The Bertz CT molecular complexity index is 366. The fourth-order valence-corrected chi connectivity index (χ4v) is 2.54. The van der Waals surface area contributed by atoms with E-state index in [4.69, 9.17) is 5.84 Å². The fraction of sp³-hybridized carbons (Fsp3) is 0.125. The summed E-state index contributed by atoms with van der Waals surface area (Å²) in [7, 11) is 0. The summed E-state index contributed by atoms with van der Waals surface area (Å²) in [5.74, 6) is 5.21. The molecule has 0 aliphatic rings. The number of thiophene rings is 1. The highest BCUT2D eigenvalue weighted by Gasteiger charge is 2.03. The summed E-state index contributed by atoms with van der Waals surface area (Å²) in [5, 5.41) is 7.23. The molecule has 2 aromatic rings. The van der Waals surface area contributed by atoms with Crippen LogP contribution in [0.15, 0.2) is 22.2 Å². The molecular weight excluding hydrogens is 202 g/mol. The van der Waals surface area contributed by atoms with Gasteiger partial charge in [-0.25, -0.2) is 4.98 Å². The Balaban J connectivity index is 2.23. The lowest BCUT2D eigenvalue weighted by atomic mass is 10.3. The predicted molar refractivity (Wildman–Crippen MR) is 56.5 cm³/mol. The second kappa shape index (κ2) is 3.97. The van der Waals surface area contributed by atoms with Crippen molar-refractivity contribution in [3.8, 4) is 10.6 Å². The topological polar surface area (TPSA) is 50.9 Å². The molecule has 2 heterocycles. The van der Waals surface area contributed by atoms with Gasteiger partial charge in [-0.1, -0.05) is 0 Å². The molecule has 0 amide bonds. The van der Waals surface area contributed by atoms with Crippen LogP contribution in [-0.2, 0) is 6.54 Å². The van der Waals surface area contributed by atoms with Gasteiger partial charge in [0, 0.05) is 16.3 Å². The van der Waals surface area contributed by atoms with Crippen molar-refractivity contribution in [1.29, 1.82) is 0 Å². The lowest BCUT2D eigenvalue weighted by molar-refractivity contribution is 0.728. The first-order chi connectivity index (χ1) is 6.40. The quantitative estimate of drug-likeness (QED) is 0.601. The third-order valence-corrected chi connectivity index (χ3v) is 3.23. The van der Waals surface area contributed by atoms with Crippen molar-refractivity contribution in [2.45, 2.75) is 6.54 Å². The molecule has 0 saturated heterocycles. The molecule has 0 fully saturated rings. The van der Waals surface area contributed by atoms with Crippen LogP contribution < -0.4 is 11.3 Å². The first-order valence-corrected chi connectivity index (χ1v) is 5.63. The van der Waals surface area contributed by atoms with Crippen molar-refractivity contribution in [1.82, 2.24) is 10.4 Å². The van der Waals surface area contributed by atoms with Gasteiger partial charge in [-0.2, -0.15) is 11.3 Å². The zero-order valence-electron chi connectivity index (χ0n) is 6.86. The minimum Gasteiger partial charge on any atom is -0.271 e. The summed E-state index contributed by atoms with van der Waals surface area (Å²) in [5.41, 5.74) is 4.78. The lowest BCUT2D eigenvalue weighted by Crippen LogP contribution is -2.20. The summed E-state index contributed by atoms with van der Waals surface area (Å²) >= 11 is 3.33. The summed E-state index contributed by atoms with van der Waals surface area (Å²) in [4.78, 5) is 4.43. The van der Waals surface area contributed by atoms with E-state index in [0.717, 1.165) is 10.7 Å². The summed E-state index contributed by atoms with van der Waals surface area (Å²) in [6.07, 6.45) is 0. The highest BCUT2D eigenvalue weighted by molar-refractivity contribution is 7.14. The molecule has 3 N–H and O–H groups in total. The molecule has 5 heteroatoms. The van der Waals surface area contributed by atoms with Gasteiger partial charge in [0.1, 0.15) is 5.01 Å². The monoisotopic (exact) mass is 211 g/mol. The number of hydrazine groups is 1. The number of hydrogen-bond acceptors (Lipinski definition) is 5. The summed E-state index contributed by atoms with van der Waals surface area (Å²) < 4.78 is 0. The zero-order chi connectivity index (χ0) is 9.10. The van der Waals surface area contributed by atoms with Crippen LogP contribution in [0.5, 0.6) is 0 Å². The largest absolute Gasteiger partial charge is 0.271 e. The van der Waals surface area contributed by atoms with Crippen molar-refractivity contribution in [3.05, 3.63) is 27.9 Å². The zero-order valence-corrected chi connectivity index (χ0v) is 8.49. The van der Waals surface area contributed by atoms with Gasteiger partial charge in [0.15, 0.2) is 0 Å². The summed E-state index contributed by atoms with van der Waals surface area (Å²) in [6.45, 7) is 0.626. The van der Waals surface area contributed by atoms with Crippen LogP contribution in [0.1, 0.15) is 5.69 Å². The van der Waals surface area contributed by atoms with E-state index in [0.29, 0.717) is 6.54 Å². The normalized spacial score (nSPS) is 10.5. The van der Waals surface area contributed by atoms with Crippen LogP contribution in [0.25, 0.3) is 10.6 Å². The molecule has 0 atom stereocenters. The number of rotatable bonds is 3. The molecule has 0 spiro atoms. The van der Waals surface area contributed by atoms with E-state index in [1.54, 1.807) is 22.7 Å². The van der Waals surface area contributed by atoms with Gasteiger partial charge in [-0.15, -0.1) is 11.3 Å². The molecule has 0 aromatic carbocycles. The number of nitrogens with two attached hydrogens (primary N) is 1. The average molecular weight is 211 g/mol. The van der Waals surface area contributed by atoms with Crippen molar-refractivity contribution in [2.24, 2.45) is 5.84 Å². The standard InChI is InChI=1S/C8H9N3S2/c9-10-3-7-5-13-8(11-7)6-1-2-12-4-6/h1-2,4-5,10H,3,9H2. The highest BCUT2D eigenvalue weighted by Crippen LogP contribution is 2.25. The molecule has 68 valence electrons. The van der Waals surface area contributed by atoms with Crippen molar-refractivity contribution < 1.29 is 0 Å². The number of aromatic nitrogens is 1. The molecular formula is C8H9N3S2. The average Bonchev–Trinajstić information content (AvgIpc) is 2.70. The molecule has 0 bridgehead atoms. The van der Waals surface area contributed by atoms with Gasteiger partial charge in [0.05, 0.1) is 12.2 Å². The highest BCUT2D eigenvalue weighted by atomic mass is 32.1. The van der Waals surface area contributed by atoms with Crippen LogP contribution >= 0.6 is 22.7 Å². The van der Waals surface area contributed by atoms with E-state index in [1.807, 2.05) is 5.38 Å². The Kier molecular flexibility index (Phi) is 2.70. The molecule has 0 radical (unpaired) electrons. The Morgan fingerprint density at radius 3 is 3.08 bits per heavy atom. The maximum atomic E-state index is 5.21. The lowest BCUT2D eigenvalue weighted by Gasteiger charge is -1.91. The third kappa shape index (κ3) is 1.94. The van der Waals surface area contributed by atoms with Crippen LogP contribution in [0.4, 0.5) is 0 Å². The fourth-order valence-electron chi connectivity index (χ4n) is 1.01. The Morgan fingerprint density at radius 2 is 2.38 bits per heavy atom. The van der Waals surface area contributed by atoms with Gasteiger partial charge in [-0.05, 0) is 11.4 Å². The number of hydrogen-bond donors (Lipinski definition) is 2. The van der Waals surface area contributed by atoms with Gasteiger partial charge in [-0.3, -0.25) is 11.3 Å². The first kappa shape index (κ1) is 8.83. The van der Waals surface area contributed by atoms with Crippen molar-refractivity contribution in [2.75, 3.05) is 0 Å². The second-order valence-electron chi connectivity index (χ2n) is 2.54. The van der Waals surface area contributed by atoms with E-state index in [9.17, 15) is 0 Å². The van der Waals surface area contributed by atoms with E-state index < -0.39 is 0 Å². The van der Waals surface area contributed by atoms with Crippen LogP contribution in [0.3, 0.4) is 0 Å². The van der Waals surface area contributed by atoms with Crippen molar-refractivity contribution >= 4 is 22.7 Å². The number of nitrogens with zero attached hydrogens (tertiary/aromatic N) is 1. The van der Waals surface area contributed by atoms with Gasteiger partial charge in [0.2, 0.25) is 0 Å².